The molecule has 0 saturated heterocycles. The molecular formula is C30H59NO8P+. The summed E-state index contributed by atoms with van der Waals surface area (Å²) >= 11 is 0. The number of nitrogens with zero attached hydrogens (tertiary/aromatic N) is 1. The smallest absolute Gasteiger partial charge is 0.462 e. The van der Waals surface area contributed by atoms with Gasteiger partial charge in [0.15, 0.2) is 6.10 Å². The zero-order valence-corrected chi connectivity index (χ0v) is 27.0. The predicted octanol–water partition coefficient (Wildman–Crippen LogP) is 7.12. The molecule has 0 aromatic carbocycles. The number of hydrogen-bond donors (Lipinski definition) is 1. The van der Waals surface area contributed by atoms with Gasteiger partial charge in [0.2, 0.25) is 0 Å². The van der Waals surface area contributed by atoms with Crippen LogP contribution in [0.15, 0.2) is 12.2 Å². The molecule has 0 aromatic rings. The number of allylic oxidation sites excluding steroid dienone is 2. The number of quaternary nitrogens is 1. The molecular weight excluding hydrogens is 533 g/mol. The van der Waals surface area contributed by atoms with Crippen molar-refractivity contribution in [1.82, 2.24) is 0 Å². The second kappa shape index (κ2) is 24.4. The maximum Gasteiger partial charge on any atom is 0.472 e. The summed E-state index contributed by atoms with van der Waals surface area (Å²) in [5.74, 6) is -0.828. The van der Waals surface area contributed by atoms with Crippen molar-refractivity contribution < 1.29 is 42.1 Å². The Labute approximate surface area is 244 Å². The number of unbranched alkanes of at least 4 members (excludes halogenated alkanes) is 11. The molecule has 0 aliphatic rings. The van der Waals surface area contributed by atoms with Crippen LogP contribution in [0.1, 0.15) is 117 Å². The van der Waals surface area contributed by atoms with Gasteiger partial charge in [-0.05, 0) is 32.1 Å². The predicted molar refractivity (Wildman–Crippen MR) is 160 cm³/mol. The summed E-state index contributed by atoms with van der Waals surface area (Å²) in [4.78, 5) is 34.6. The first-order chi connectivity index (χ1) is 19.0. The lowest BCUT2D eigenvalue weighted by Crippen LogP contribution is -2.37. The molecule has 10 heteroatoms. The maximum atomic E-state index is 12.4. The van der Waals surface area contributed by atoms with E-state index in [4.69, 9.17) is 18.5 Å². The Hall–Kier alpha value is -1.25. The van der Waals surface area contributed by atoms with Crippen LogP contribution in [0.25, 0.3) is 0 Å². The van der Waals surface area contributed by atoms with Gasteiger partial charge in [0, 0.05) is 12.8 Å². The van der Waals surface area contributed by atoms with Crippen molar-refractivity contribution in [2.75, 3.05) is 47.5 Å². The van der Waals surface area contributed by atoms with E-state index in [1.54, 1.807) is 0 Å². The molecule has 0 aliphatic heterocycles. The Morgan fingerprint density at radius 1 is 0.750 bits per heavy atom. The maximum absolute atomic E-state index is 12.4. The lowest BCUT2D eigenvalue weighted by Gasteiger charge is -2.24. The average molecular weight is 593 g/mol. The summed E-state index contributed by atoms with van der Waals surface area (Å²) in [6.45, 7) is 4.24. The fraction of sp³-hybridized carbons (Fsp3) is 0.867. The van der Waals surface area contributed by atoms with Gasteiger partial charge in [0.05, 0.1) is 27.7 Å². The number of hydrogen-bond acceptors (Lipinski definition) is 7. The third-order valence-corrected chi connectivity index (χ3v) is 7.28. The number of carbonyl (C=O) groups is 2. The van der Waals surface area contributed by atoms with Crippen molar-refractivity contribution in [3.05, 3.63) is 12.2 Å². The van der Waals surface area contributed by atoms with Crippen molar-refractivity contribution >= 4 is 19.8 Å². The highest BCUT2D eigenvalue weighted by Crippen LogP contribution is 2.43. The third kappa shape index (κ3) is 26.9. The standard InChI is InChI=1S/C30H58NO8P/c1-6-8-10-12-13-14-15-16-17-19-21-23-30(33)39-28(26-36-29(32)22-20-18-11-9-7-2)27-38-40(34,35)37-25-24-31(3,4)5/h12-13,28H,6-11,14-27H2,1-5H3/p+1/b13-12-. The van der Waals surface area contributed by atoms with Crippen LogP contribution in [0.3, 0.4) is 0 Å². The lowest BCUT2D eigenvalue weighted by atomic mass is 10.1. The molecule has 0 rings (SSSR count). The monoisotopic (exact) mass is 592 g/mol. The van der Waals surface area contributed by atoms with Crippen LogP contribution in [-0.4, -0.2) is 74.9 Å². The van der Waals surface area contributed by atoms with Crippen LogP contribution in [0.5, 0.6) is 0 Å². The minimum Gasteiger partial charge on any atom is -0.462 e. The molecule has 40 heavy (non-hydrogen) atoms. The Morgan fingerprint density at radius 3 is 1.93 bits per heavy atom. The summed E-state index contributed by atoms with van der Waals surface area (Å²) in [7, 11) is 1.47. The third-order valence-electron chi connectivity index (χ3n) is 6.30. The van der Waals surface area contributed by atoms with Gasteiger partial charge in [-0.15, -0.1) is 0 Å². The Morgan fingerprint density at radius 2 is 1.30 bits per heavy atom. The summed E-state index contributed by atoms with van der Waals surface area (Å²) in [6.07, 6.45) is 18.7. The molecule has 0 fully saturated rings. The van der Waals surface area contributed by atoms with Crippen LogP contribution in [-0.2, 0) is 32.7 Å². The highest BCUT2D eigenvalue weighted by Gasteiger charge is 2.27. The molecule has 0 amide bonds. The normalized spacial score (nSPS) is 14.2. The van der Waals surface area contributed by atoms with E-state index in [0.717, 1.165) is 70.6 Å². The lowest BCUT2D eigenvalue weighted by molar-refractivity contribution is -0.870. The molecule has 2 unspecified atom stereocenters. The molecule has 0 saturated carbocycles. The highest BCUT2D eigenvalue weighted by molar-refractivity contribution is 7.47. The van der Waals surface area contributed by atoms with Crippen molar-refractivity contribution in [2.24, 2.45) is 0 Å². The Bertz CT molecular complexity index is 723. The molecule has 0 aliphatic carbocycles. The molecule has 0 heterocycles. The number of carbonyl (C=O) groups excluding carboxylic acids is 2. The highest BCUT2D eigenvalue weighted by atomic mass is 31.2. The first-order valence-corrected chi connectivity index (χ1v) is 16.9. The van der Waals surface area contributed by atoms with E-state index in [2.05, 4.69) is 26.0 Å². The van der Waals surface area contributed by atoms with Gasteiger partial charge in [-0.3, -0.25) is 18.6 Å². The van der Waals surface area contributed by atoms with Gasteiger partial charge in [0.1, 0.15) is 19.8 Å². The number of ether oxygens (including phenoxy) is 2. The summed E-state index contributed by atoms with van der Waals surface area (Å²) in [5, 5.41) is 0. The molecule has 9 nitrogen and oxygen atoms in total. The molecule has 0 spiro atoms. The van der Waals surface area contributed by atoms with Gasteiger partial charge < -0.3 is 18.9 Å². The van der Waals surface area contributed by atoms with E-state index < -0.39 is 26.5 Å². The summed E-state index contributed by atoms with van der Waals surface area (Å²) in [5.41, 5.74) is 0. The van der Waals surface area contributed by atoms with E-state index >= 15 is 0 Å². The zero-order chi connectivity index (χ0) is 30.1. The van der Waals surface area contributed by atoms with Gasteiger partial charge >= 0.3 is 19.8 Å². The SMILES string of the molecule is CCCC/C=C\CCCCCCCC(=O)OC(COC(=O)CCCCCCC)COP(=O)(O)OCC[N+](C)(C)C. The molecule has 236 valence electrons. The van der Waals surface area contributed by atoms with Gasteiger partial charge in [-0.2, -0.15) is 0 Å². The average Bonchev–Trinajstić information content (AvgIpc) is 2.87. The van der Waals surface area contributed by atoms with Crippen LogP contribution in [0.2, 0.25) is 0 Å². The van der Waals surface area contributed by atoms with Crippen LogP contribution in [0, 0.1) is 0 Å². The Balaban J connectivity index is 4.52. The molecule has 0 bridgehead atoms. The largest absolute Gasteiger partial charge is 0.472 e. The van der Waals surface area contributed by atoms with Crippen molar-refractivity contribution in [2.45, 2.75) is 123 Å². The fourth-order valence-corrected chi connectivity index (χ4v) is 4.50. The zero-order valence-electron chi connectivity index (χ0n) is 26.1. The van der Waals surface area contributed by atoms with Gasteiger partial charge in [-0.25, -0.2) is 4.57 Å². The van der Waals surface area contributed by atoms with Crippen molar-refractivity contribution in [3.8, 4) is 0 Å². The van der Waals surface area contributed by atoms with E-state index in [9.17, 15) is 19.0 Å². The quantitative estimate of drug-likeness (QED) is 0.0353. The molecule has 1 N–H and O–H groups in total. The first-order valence-electron chi connectivity index (χ1n) is 15.4. The summed E-state index contributed by atoms with van der Waals surface area (Å²) in [6, 6.07) is 0. The van der Waals surface area contributed by atoms with E-state index in [1.165, 1.54) is 12.8 Å². The van der Waals surface area contributed by atoms with E-state index in [0.29, 0.717) is 17.4 Å². The van der Waals surface area contributed by atoms with Crippen molar-refractivity contribution in [3.63, 3.8) is 0 Å². The second-order valence-electron chi connectivity index (χ2n) is 11.5. The molecule has 0 aromatic heterocycles. The number of phosphoric ester groups is 1. The molecule has 0 radical (unpaired) electrons. The number of esters is 2. The van der Waals surface area contributed by atoms with Crippen LogP contribution in [0.4, 0.5) is 0 Å². The van der Waals surface area contributed by atoms with Crippen LogP contribution < -0.4 is 0 Å². The van der Waals surface area contributed by atoms with E-state index in [1.807, 2.05) is 21.1 Å². The fourth-order valence-electron chi connectivity index (χ4n) is 3.76. The van der Waals surface area contributed by atoms with E-state index in [-0.39, 0.29) is 32.0 Å². The summed E-state index contributed by atoms with van der Waals surface area (Å²) < 4.78 is 33.7. The topological polar surface area (TPSA) is 108 Å². The minimum absolute atomic E-state index is 0.0316. The van der Waals surface area contributed by atoms with Gasteiger partial charge in [-0.1, -0.05) is 83.8 Å². The second-order valence-corrected chi connectivity index (χ2v) is 12.9. The van der Waals surface area contributed by atoms with Gasteiger partial charge in [0.25, 0.3) is 0 Å². The molecule has 2 atom stereocenters. The number of rotatable bonds is 27. The van der Waals surface area contributed by atoms with Crippen molar-refractivity contribution in [1.29, 1.82) is 0 Å². The Kier molecular flexibility index (Phi) is 23.6. The number of phosphoric acid groups is 1. The number of likely N-dealkylation sites (N-methyl/N-ethyl adjacent to an activating group) is 1. The first kappa shape index (κ1) is 38.8. The minimum atomic E-state index is -4.35. The van der Waals surface area contributed by atoms with Crippen LogP contribution >= 0.6 is 7.82 Å².